The second-order valence-electron chi connectivity index (χ2n) is 4.95. The summed E-state index contributed by atoms with van der Waals surface area (Å²) >= 11 is 0. The molecule has 6 heteroatoms. The van der Waals surface area contributed by atoms with Crippen molar-refractivity contribution in [2.24, 2.45) is 11.1 Å². The van der Waals surface area contributed by atoms with E-state index < -0.39 is 5.72 Å². The Hall–Kier alpha value is -1.14. The number of esters is 1. The van der Waals surface area contributed by atoms with Crippen LogP contribution < -0.4 is 0 Å². The van der Waals surface area contributed by atoms with Gasteiger partial charge in [-0.15, -0.1) is 0 Å². The Morgan fingerprint density at radius 3 is 3.00 bits per heavy atom. The number of oxime groups is 1. The summed E-state index contributed by atoms with van der Waals surface area (Å²) in [5, 5.41) is 4.00. The van der Waals surface area contributed by atoms with Crippen molar-refractivity contribution in [2.45, 2.75) is 25.0 Å². The average molecular weight is 254 g/mol. The van der Waals surface area contributed by atoms with Crippen molar-refractivity contribution in [3.05, 3.63) is 0 Å². The SMILES string of the molecule is COC(=O)C1=NO[C@]2(N3CCOCC3)CCC[C@H]12. The first kappa shape index (κ1) is 11.9. The summed E-state index contributed by atoms with van der Waals surface area (Å²) in [5.74, 6) is -0.319. The van der Waals surface area contributed by atoms with Crippen LogP contribution in [0.1, 0.15) is 19.3 Å². The predicted molar refractivity (Wildman–Crippen MR) is 63.0 cm³/mol. The lowest BCUT2D eigenvalue weighted by molar-refractivity contribution is -0.173. The van der Waals surface area contributed by atoms with Gasteiger partial charge in [0.15, 0.2) is 11.4 Å². The van der Waals surface area contributed by atoms with Crippen molar-refractivity contribution in [2.75, 3.05) is 33.4 Å². The van der Waals surface area contributed by atoms with Gasteiger partial charge < -0.3 is 14.3 Å². The lowest BCUT2D eigenvalue weighted by atomic mass is 9.93. The molecule has 0 aromatic rings. The molecule has 0 spiro atoms. The Morgan fingerprint density at radius 1 is 1.50 bits per heavy atom. The summed E-state index contributed by atoms with van der Waals surface area (Å²) in [6.07, 6.45) is 2.91. The Labute approximate surface area is 106 Å². The zero-order valence-corrected chi connectivity index (χ0v) is 10.6. The molecule has 1 saturated carbocycles. The molecule has 2 fully saturated rings. The van der Waals surface area contributed by atoms with Crippen molar-refractivity contribution in [3.63, 3.8) is 0 Å². The lowest BCUT2D eigenvalue weighted by Crippen LogP contribution is -2.56. The van der Waals surface area contributed by atoms with Gasteiger partial charge in [0.05, 0.1) is 26.2 Å². The zero-order chi connectivity index (χ0) is 12.6. The van der Waals surface area contributed by atoms with Crippen molar-refractivity contribution in [3.8, 4) is 0 Å². The summed E-state index contributed by atoms with van der Waals surface area (Å²) in [4.78, 5) is 19.7. The second kappa shape index (κ2) is 4.51. The van der Waals surface area contributed by atoms with Crippen molar-refractivity contribution in [1.82, 2.24) is 4.90 Å². The summed E-state index contributed by atoms with van der Waals surface area (Å²) < 4.78 is 10.2. The van der Waals surface area contributed by atoms with Crippen LogP contribution in [-0.2, 0) is 19.1 Å². The fourth-order valence-corrected chi connectivity index (χ4v) is 3.27. The minimum Gasteiger partial charge on any atom is -0.464 e. The van der Waals surface area contributed by atoms with Gasteiger partial charge in [-0.05, 0) is 12.8 Å². The molecular formula is C12H18N2O4. The maximum atomic E-state index is 11.7. The number of carbonyl (C=O) groups excluding carboxylic acids is 1. The third-order valence-electron chi connectivity index (χ3n) is 4.15. The lowest BCUT2D eigenvalue weighted by Gasteiger charge is -2.40. The first-order valence-corrected chi connectivity index (χ1v) is 6.45. The van der Waals surface area contributed by atoms with Crippen LogP contribution >= 0.6 is 0 Å². The van der Waals surface area contributed by atoms with Crippen LogP contribution in [0.4, 0.5) is 0 Å². The maximum absolute atomic E-state index is 11.7. The fraction of sp³-hybridized carbons (Fsp3) is 0.833. The van der Waals surface area contributed by atoms with Crippen LogP contribution in [0.2, 0.25) is 0 Å². The van der Waals surface area contributed by atoms with E-state index in [9.17, 15) is 4.79 Å². The molecule has 0 bridgehead atoms. The van der Waals surface area contributed by atoms with Crippen molar-refractivity contribution < 1.29 is 19.1 Å². The molecule has 0 N–H and O–H groups in total. The van der Waals surface area contributed by atoms with Crippen molar-refractivity contribution >= 4 is 11.7 Å². The molecule has 1 aliphatic carbocycles. The Morgan fingerprint density at radius 2 is 2.28 bits per heavy atom. The molecule has 2 heterocycles. The number of morpholine rings is 1. The van der Waals surface area contributed by atoms with E-state index in [2.05, 4.69) is 10.1 Å². The molecule has 18 heavy (non-hydrogen) atoms. The minimum absolute atomic E-state index is 0.0445. The number of fused-ring (bicyclic) bond motifs is 1. The smallest absolute Gasteiger partial charge is 0.356 e. The van der Waals surface area contributed by atoms with E-state index >= 15 is 0 Å². The highest BCUT2D eigenvalue weighted by Gasteiger charge is 2.57. The van der Waals surface area contributed by atoms with Crippen LogP contribution in [0.15, 0.2) is 5.16 Å². The molecule has 100 valence electrons. The van der Waals surface area contributed by atoms with Gasteiger partial charge in [-0.3, -0.25) is 4.90 Å². The standard InChI is InChI=1S/C12H18N2O4/c1-16-11(15)10-9-3-2-4-12(9,18-13-10)14-5-7-17-8-6-14/h9H,2-8H2,1H3/t9-,12-/m1/s1. The van der Waals surface area contributed by atoms with Crippen molar-refractivity contribution in [1.29, 1.82) is 0 Å². The van der Waals surface area contributed by atoms with E-state index in [1.165, 1.54) is 7.11 Å². The van der Waals surface area contributed by atoms with Crippen LogP contribution in [0.25, 0.3) is 0 Å². The zero-order valence-electron chi connectivity index (χ0n) is 10.6. The maximum Gasteiger partial charge on any atom is 0.356 e. The topological polar surface area (TPSA) is 60.4 Å². The quantitative estimate of drug-likeness (QED) is 0.666. The third kappa shape index (κ3) is 1.63. The summed E-state index contributed by atoms with van der Waals surface area (Å²) in [6.45, 7) is 3.09. The normalized spacial score (nSPS) is 35.8. The van der Waals surface area contributed by atoms with Gasteiger partial charge in [0.1, 0.15) is 0 Å². The molecule has 2 aliphatic heterocycles. The number of hydrogen-bond donors (Lipinski definition) is 0. The van der Waals surface area contributed by atoms with Gasteiger partial charge in [-0.2, -0.15) is 0 Å². The number of hydrogen-bond acceptors (Lipinski definition) is 6. The highest BCUT2D eigenvalue weighted by atomic mass is 16.7. The molecular weight excluding hydrogens is 236 g/mol. The highest BCUT2D eigenvalue weighted by Crippen LogP contribution is 2.46. The van der Waals surface area contributed by atoms with Gasteiger partial charge in [0, 0.05) is 19.5 Å². The summed E-state index contributed by atoms with van der Waals surface area (Å²) in [6, 6.07) is 0. The van der Waals surface area contributed by atoms with E-state index in [4.69, 9.17) is 14.3 Å². The minimum atomic E-state index is -0.423. The second-order valence-corrected chi connectivity index (χ2v) is 4.95. The number of methoxy groups -OCH3 is 1. The summed E-state index contributed by atoms with van der Waals surface area (Å²) in [5.41, 5.74) is 0.0225. The number of carbonyl (C=O) groups is 1. The third-order valence-corrected chi connectivity index (χ3v) is 4.15. The largest absolute Gasteiger partial charge is 0.464 e. The molecule has 0 aromatic heterocycles. The molecule has 6 nitrogen and oxygen atoms in total. The molecule has 0 radical (unpaired) electrons. The molecule has 3 aliphatic rings. The van der Waals surface area contributed by atoms with Crippen LogP contribution in [0.3, 0.4) is 0 Å². The molecule has 3 rings (SSSR count). The number of nitrogens with zero attached hydrogens (tertiary/aromatic N) is 2. The van der Waals surface area contributed by atoms with Gasteiger partial charge in [-0.25, -0.2) is 4.79 Å². The molecule has 0 unspecified atom stereocenters. The molecule has 0 aromatic carbocycles. The first-order chi connectivity index (χ1) is 8.78. The Kier molecular flexibility index (Phi) is 2.99. The van der Waals surface area contributed by atoms with Gasteiger partial charge in [-0.1, -0.05) is 5.16 Å². The van der Waals surface area contributed by atoms with E-state index in [1.54, 1.807) is 0 Å². The average Bonchev–Trinajstić information content (AvgIpc) is 2.98. The monoisotopic (exact) mass is 254 g/mol. The Bertz CT molecular complexity index is 378. The van der Waals surface area contributed by atoms with Gasteiger partial charge in [0.25, 0.3) is 0 Å². The van der Waals surface area contributed by atoms with E-state index in [0.717, 1.165) is 32.4 Å². The van der Waals surface area contributed by atoms with Crippen LogP contribution in [0, 0.1) is 5.92 Å². The van der Waals surface area contributed by atoms with E-state index in [1.807, 2.05) is 0 Å². The summed E-state index contributed by atoms with van der Waals surface area (Å²) in [7, 11) is 1.38. The van der Waals surface area contributed by atoms with Crippen LogP contribution in [-0.4, -0.2) is 55.7 Å². The molecule has 2 atom stereocenters. The van der Waals surface area contributed by atoms with Crippen LogP contribution in [0.5, 0.6) is 0 Å². The predicted octanol–water partition coefficient (Wildman–Crippen LogP) is 0.374. The van der Waals surface area contributed by atoms with Gasteiger partial charge >= 0.3 is 5.97 Å². The number of rotatable bonds is 2. The highest BCUT2D eigenvalue weighted by molar-refractivity contribution is 6.37. The van der Waals surface area contributed by atoms with E-state index in [0.29, 0.717) is 18.9 Å². The van der Waals surface area contributed by atoms with Gasteiger partial charge in [0.2, 0.25) is 0 Å². The molecule has 0 amide bonds. The van der Waals surface area contributed by atoms with E-state index in [-0.39, 0.29) is 11.9 Å². The fourth-order valence-electron chi connectivity index (χ4n) is 3.27. The number of ether oxygens (including phenoxy) is 2. The molecule has 1 saturated heterocycles. The Balaban J connectivity index is 1.82. The first-order valence-electron chi connectivity index (χ1n) is 6.45.